The summed E-state index contributed by atoms with van der Waals surface area (Å²) < 4.78 is 58.6. The Balaban J connectivity index is 0.812. The highest BCUT2D eigenvalue weighted by atomic mass is 32.1. The first-order chi connectivity index (χ1) is 32.9. The van der Waals surface area contributed by atoms with Crippen LogP contribution in [0.5, 0.6) is 11.6 Å². The standard InChI is InChI=1S/C50H62F3N9O7S/c1-29-24-35(42(65)54-25-31-12-14-32(15-13-31)39-30(2)55-28-70-39)61(26-29)43(66)40(47(3,4)5)56-37(63)27-67-22-10-11-23-68-34-18-16-33(17-19-34)41(64)57-44-48(6,7)45(49(44,8)9)69-38-21-20-36-58-59-46(50(51,52)53)62(36)60-38/h12-21,28-29,35,40,44-45H,10-11,22-27H2,1-9H3,(H,54,65)(H,56,63)(H,57,64)/t29?,35-,40+,44?,45?/m0/s1. The molecule has 3 aromatic heterocycles. The molecule has 0 radical (unpaired) electrons. The van der Waals surface area contributed by atoms with Crippen molar-refractivity contribution in [1.82, 2.24) is 45.6 Å². The van der Waals surface area contributed by atoms with Gasteiger partial charge in [-0.1, -0.05) is 79.7 Å². The quantitative estimate of drug-likeness (QED) is 0.0740. The molecule has 7 rings (SSSR count). The molecule has 3 N–H and O–H groups in total. The number of fused-ring (bicyclic) bond motifs is 1. The normalized spacial score (nSPS) is 20.1. The van der Waals surface area contributed by atoms with E-state index in [2.05, 4.69) is 36.2 Å². The molecule has 2 aromatic carbocycles. The third-order valence-electron chi connectivity index (χ3n) is 13.1. The second-order valence-corrected chi connectivity index (χ2v) is 21.4. The summed E-state index contributed by atoms with van der Waals surface area (Å²) >= 11 is 1.58. The van der Waals surface area contributed by atoms with Crippen molar-refractivity contribution in [3.63, 3.8) is 0 Å². The second-order valence-electron chi connectivity index (χ2n) is 20.5. The topological polar surface area (TPSA) is 191 Å². The van der Waals surface area contributed by atoms with E-state index in [1.54, 1.807) is 40.5 Å². The lowest BCUT2D eigenvalue weighted by atomic mass is 9.49. The molecule has 4 amide bonds. The molecule has 2 fully saturated rings. The van der Waals surface area contributed by atoms with Gasteiger partial charge in [-0.3, -0.25) is 19.2 Å². The molecule has 3 atom stereocenters. The summed E-state index contributed by atoms with van der Waals surface area (Å²) in [7, 11) is 0. The Morgan fingerprint density at radius 2 is 1.60 bits per heavy atom. The highest BCUT2D eigenvalue weighted by Gasteiger charge is 2.64. The minimum Gasteiger partial charge on any atom is -0.494 e. The molecule has 1 aliphatic heterocycles. The number of alkyl halides is 3. The van der Waals surface area contributed by atoms with E-state index in [0.717, 1.165) is 21.7 Å². The number of carbonyl (C=O) groups is 4. The molecule has 0 bridgehead atoms. The Morgan fingerprint density at radius 1 is 0.914 bits per heavy atom. The Bertz CT molecular complexity index is 2650. The van der Waals surface area contributed by atoms with Crippen LogP contribution in [-0.2, 0) is 31.8 Å². The molecule has 1 unspecified atom stereocenters. The number of hydrogen-bond acceptors (Lipinski definition) is 12. The molecule has 5 aromatic rings. The predicted molar refractivity (Wildman–Crippen MR) is 256 cm³/mol. The van der Waals surface area contributed by atoms with Gasteiger partial charge in [0.25, 0.3) is 11.7 Å². The Morgan fingerprint density at radius 3 is 2.24 bits per heavy atom. The van der Waals surface area contributed by atoms with Gasteiger partial charge in [0.15, 0.2) is 5.65 Å². The van der Waals surface area contributed by atoms with Crippen molar-refractivity contribution in [1.29, 1.82) is 0 Å². The number of nitrogens with one attached hydrogen (secondary N) is 3. The van der Waals surface area contributed by atoms with Crippen LogP contribution in [0.25, 0.3) is 16.1 Å². The highest BCUT2D eigenvalue weighted by molar-refractivity contribution is 7.13. The van der Waals surface area contributed by atoms with Gasteiger partial charge in [-0.15, -0.1) is 26.6 Å². The highest BCUT2D eigenvalue weighted by Crippen LogP contribution is 2.55. The van der Waals surface area contributed by atoms with E-state index < -0.39 is 52.3 Å². The number of hydrogen-bond donors (Lipinski definition) is 3. The van der Waals surface area contributed by atoms with Gasteiger partial charge < -0.3 is 35.1 Å². The lowest BCUT2D eigenvalue weighted by molar-refractivity contribution is -0.166. The van der Waals surface area contributed by atoms with Crippen LogP contribution < -0.4 is 25.4 Å². The van der Waals surface area contributed by atoms with Gasteiger partial charge in [0.05, 0.1) is 22.7 Å². The zero-order valence-corrected chi connectivity index (χ0v) is 41.8. The summed E-state index contributed by atoms with van der Waals surface area (Å²) in [5.74, 6) is -1.87. The van der Waals surface area contributed by atoms with Crippen molar-refractivity contribution in [3.8, 4) is 22.1 Å². The Labute approximate surface area is 409 Å². The van der Waals surface area contributed by atoms with Crippen LogP contribution in [0.15, 0.2) is 66.2 Å². The average molecular weight is 990 g/mol. The van der Waals surface area contributed by atoms with E-state index in [1.807, 2.05) is 92.1 Å². The summed E-state index contributed by atoms with van der Waals surface area (Å²) in [5, 5.41) is 19.8. The third kappa shape index (κ3) is 11.5. The summed E-state index contributed by atoms with van der Waals surface area (Å²) in [5.41, 5.74) is 3.28. The van der Waals surface area contributed by atoms with E-state index in [-0.39, 0.29) is 54.4 Å². The average Bonchev–Trinajstić information content (AvgIpc) is 4.05. The Hall–Kier alpha value is -6.15. The lowest BCUT2D eigenvalue weighted by Crippen LogP contribution is -2.74. The van der Waals surface area contributed by atoms with Crippen LogP contribution in [0.3, 0.4) is 0 Å². The maximum Gasteiger partial charge on any atom is 0.453 e. The molecule has 1 saturated heterocycles. The van der Waals surface area contributed by atoms with Crippen molar-refractivity contribution < 1.29 is 46.6 Å². The molecule has 376 valence electrons. The number of likely N-dealkylation sites (tertiary alicyclic amines) is 1. The fraction of sp³-hybridized carbons (Fsp3) is 0.520. The van der Waals surface area contributed by atoms with E-state index >= 15 is 0 Å². The van der Waals surface area contributed by atoms with E-state index in [1.165, 1.54) is 12.1 Å². The number of aryl methyl sites for hydroxylation is 1. The van der Waals surface area contributed by atoms with Crippen molar-refractivity contribution in [2.45, 2.75) is 119 Å². The maximum absolute atomic E-state index is 14.1. The van der Waals surface area contributed by atoms with Gasteiger partial charge in [0.1, 0.15) is 30.5 Å². The second kappa shape index (κ2) is 20.7. The smallest absolute Gasteiger partial charge is 0.453 e. The number of thiazole rings is 1. The summed E-state index contributed by atoms with van der Waals surface area (Å²) in [4.78, 5) is 61.2. The van der Waals surface area contributed by atoms with E-state index in [4.69, 9.17) is 14.2 Å². The first-order valence-corrected chi connectivity index (χ1v) is 24.3. The molecular weight excluding hydrogens is 928 g/mol. The van der Waals surface area contributed by atoms with Crippen LogP contribution >= 0.6 is 11.3 Å². The molecule has 0 spiro atoms. The minimum absolute atomic E-state index is 0.0253. The molecule has 16 nitrogen and oxygen atoms in total. The SMILES string of the molecule is Cc1ncsc1-c1ccc(CNC(=O)[C@@H]2CC(C)CN2C(=O)[C@@H](NC(=O)COCCCCOc2ccc(C(=O)NC3C(C)(C)C(Oc4ccc5nnc(C(F)(F)F)n5n4)C3(C)C)cc2)C(C)(C)C)cc1. The number of rotatable bonds is 18. The van der Waals surface area contributed by atoms with Gasteiger partial charge in [-0.2, -0.15) is 17.7 Å². The van der Waals surface area contributed by atoms with Gasteiger partial charge in [-0.05, 0) is 79.0 Å². The monoisotopic (exact) mass is 989 g/mol. The lowest BCUT2D eigenvalue weighted by Gasteiger charge is -2.62. The zero-order chi connectivity index (χ0) is 50.8. The number of carbonyl (C=O) groups excluding carboxylic acids is 4. The zero-order valence-electron chi connectivity index (χ0n) is 41.0. The first-order valence-electron chi connectivity index (χ1n) is 23.4. The van der Waals surface area contributed by atoms with Crippen LogP contribution in [0.4, 0.5) is 13.2 Å². The number of amides is 4. The number of ether oxygens (including phenoxy) is 3. The first kappa shape index (κ1) is 51.7. The summed E-state index contributed by atoms with van der Waals surface area (Å²) in [6.07, 6.45) is -3.50. The molecule has 2 aliphatic rings. The van der Waals surface area contributed by atoms with Gasteiger partial charge in [0.2, 0.25) is 23.6 Å². The van der Waals surface area contributed by atoms with E-state index in [9.17, 15) is 32.3 Å². The Kier molecular flexibility index (Phi) is 15.3. The van der Waals surface area contributed by atoms with Gasteiger partial charge >= 0.3 is 6.18 Å². The van der Waals surface area contributed by atoms with Crippen LogP contribution in [-0.4, -0.2) is 104 Å². The van der Waals surface area contributed by atoms with Crippen LogP contribution in [0, 0.1) is 29.1 Å². The summed E-state index contributed by atoms with van der Waals surface area (Å²) in [6.45, 7) is 18.4. The van der Waals surface area contributed by atoms with Crippen molar-refractivity contribution in [2.24, 2.45) is 22.2 Å². The predicted octanol–water partition coefficient (Wildman–Crippen LogP) is 7.45. The number of benzene rings is 2. The van der Waals surface area contributed by atoms with Crippen molar-refractivity contribution in [3.05, 3.63) is 88.8 Å². The number of halogens is 3. The maximum atomic E-state index is 14.1. The molecular formula is C50H62F3N9O7S. The minimum atomic E-state index is -4.75. The fourth-order valence-electron chi connectivity index (χ4n) is 9.73. The largest absolute Gasteiger partial charge is 0.494 e. The van der Waals surface area contributed by atoms with E-state index in [0.29, 0.717) is 54.8 Å². The number of nitrogens with zero attached hydrogens (tertiary/aromatic N) is 6. The van der Waals surface area contributed by atoms with Crippen LogP contribution in [0.1, 0.15) is 102 Å². The van der Waals surface area contributed by atoms with Crippen LogP contribution in [0.2, 0.25) is 0 Å². The molecule has 1 saturated carbocycles. The molecule has 4 heterocycles. The molecule has 70 heavy (non-hydrogen) atoms. The van der Waals surface area contributed by atoms with Crippen molar-refractivity contribution >= 4 is 40.6 Å². The fourth-order valence-corrected chi connectivity index (χ4v) is 10.5. The molecule has 20 heteroatoms. The number of aromatic nitrogens is 5. The molecule has 1 aliphatic carbocycles. The summed E-state index contributed by atoms with van der Waals surface area (Å²) in [6, 6.07) is 15.6. The third-order valence-corrected chi connectivity index (χ3v) is 14.1. The van der Waals surface area contributed by atoms with Gasteiger partial charge in [0, 0.05) is 48.2 Å². The van der Waals surface area contributed by atoms with Crippen molar-refractivity contribution in [2.75, 3.05) is 26.4 Å². The number of unbranched alkanes of at least 4 members (excludes halogenated alkanes) is 1. The van der Waals surface area contributed by atoms with Gasteiger partial charge in [-0.25, -0.2) is 4.98 Å².